The lowest BCUT2D eigenvalue weighted by Crippen LogP contribution is -2.61. The van der Waals surface area contributed by atoms with Gasteiger partial charge < -0.3 is 25.4 Å². The Kier molecular flexibility index (Phi) is 9.51. The summed E-state index contributed by atoms with van der Waals surface area (Å²) in [5.74, 6) is 0.837. The number of hydrogen-bond acceptors (Lipinski definition) is 6. The van der Waals surface area contributed by atoms with Gasteiger partial charge >= 0.3 is 0 Å². The fourth-order valence-corrected chi connectivity index (χ4v) is 6.25. The smallest absolute Gasteiger partial charge is 0.267 e. The van der Waals surface area contributed by atoms with Crippen LogP contribution in [0.4, 0.5) is 0 Å². The highest BCUT2D eigenvalue weighted by Gasteiger charge is 2.54. The summed E-state index contributed by atoms with van der Waals surface area (Å²) >= 11 is 0. The molecule has 5 rings (SSSR count). The summed E-state index contributed by atoms with van der Waals surface area (Å²) in [4.78, 5) is 33.4. The lowest BCUT2D eigenvalue weighted by Gasteiger charge is -2.53. The molecule has 2 amide bonds. The Hall–Kier alpha value is -3.39. The van der Waals surface area contributed by atoms with Crippen LogP contribution in [0.3, 0.4) is 0 Å². The van der Waals surface area contributed by atoms with Gasteiger partial charge in [0.05, 0.1) is 31.7 Å². The number of fused-ring (bicyclic) bond motifs is 3. The van der Waals surface area contributed by atoms with Gasteiger partial charge in [-0.3, -0.25) is 14.6 Å². The summed E-state index contributed by atoms with van der Waals surface area (Å²) in [6, 6.07) is 5.99. The van der Waals surface area contributed by atoms with Crippen molar-refractivity contribution < 1.29 is 19.1 Å². The number of rotatable bonds is 10. The van der Waals surface area contributed by atoms with E-state index in [-0.39, 0.29) is 28.5 Å². The summed E-state index contributed by atoms with van der Waals surface area (Å²) < 4.78 is 10.9. The number of nitrogens with one attached hydrogen (secondary N) is 1. The van der Waals surface area contributed by atoms with E-state index in [0.29, 0.717) is 38.4 Å². The van der Waals surface area contributed by atoms with Crippen molar-refractivity contribution in [2.45, 2.75) is 70.8 Å². The third-order valence-electron chi connectivity index (χ3n) is 8.82. The van der Waals surface area contributed by atoms with E-state index in [1.54, 1.807) is 19.3 Å². The van der Waals surface area contributed by atoms with E-state index >= 15 is 0 Å². The van der Waals surface area contributed by atoms with Crippen molar-refractivity contribution in [1.29, 1.82) is 0 Å². The molecular weight excluding hydrogens is 504 g/mol. The van der Waals surface area contributed by atoms with Gasteiger partial charge in [-0.1, -0.05) is 26.5 Å². The van der Waals surface area contributed by atoms with Crippen molar-refractivity contribution in [3.05, 3.63) is 59.8 Å². The van der Waals surface area contributed by atoms with E-state index in [1.807, 2.05) is 30.0 Å². The van der Waals surface area contributed by atoms with Crippen molar-refractivity contribution in [3.8, 4) is 5.75 Å². The number of methoxy groups -OCH3 is 1. The quantitative estimate of drug-likeness (QED) is 0.254. The lowest BCUT2D eigenvalue weighted by atomic mass is 9.56. The molecule has 3 saturated carbocycles. The molecule has 1 aliphatic heterocycles. The van der Waals surface area contributed by atoms with Crippen LogP contribution in [0.15, 0.2) is 53.7 Å². The number of carbonyl (C=O) groups excluding carboxylic acids is 2. The van der Waals surface area contributed by atoms with E-state index in [0.717, 1.165) is 67.5 Å². The topological polar surface area (TPSA) is 106 Å². The van der Waals surface area contributed by atoms with E-state index in [2.05, 4.69) is 24.9 Å². The van der Waals surface area contributed by atoms with Crippen molar-refractivity contribution in [3.63, 3.8) is 0 Å². The summed E-state index contributed by atoms with van der Waals surface area (Å²) in [5.41, 5.74) is 9.35. The van der Waals surface area contributed by atoms with Crippen LogP contribution in [-0.4, -0.2) is 61.4 Å². The van der Waals surface area contributed by atoms with Gasteiger partial charge in [0.25, 0.3) is 5.91 Å². The Balaban J connectivity index is 1.45. The summed E-state index contributed by atoms with van der Waals surface area (Å²) in [7, 11) is 1.67. The standard InChI is InChI=1S/C32H44N4O4/c1-5-8-27(24-9-10-28(39-4)23(6-2)21-24)34-25(7-3)22-26(33)29(37)35-32-14-11-31(12-15-32,13-16-32)30(38)36-17-19-40-20-18-36/h5,8-10,21-22H,1,6-7,11-20,33H2,2-4H3,(H,35,37)/b26-22-,27-8-,34-25+. The Bertz CT molecular complexity index is 1180. The minimum absolute atomic E-state index is 0.142. The first-order valence-electron chi connectivity index (χ1n) is 14.5. The van der Waals surface area contributed by atoms with Crippen LogP contribution in [0.1, 0.15) is 69.9 Å². The number of morpholine rings is 1. The summed E-state index contributed by atoms with van der Waals surface area (Å²) in [6.45, 7) is 10.5. The van der Waals surface area contributed by atoms with Gasteiger partial charge in [-0.2, -0.15) is 0 Å². The molecule has 216 valence electrons. The van der Waals surface area contributed by atoms with Crippen LogP contribution in [0, 0.1) is 5.41 Å². The van der Waals surface area contributed by atoms with Crippen molar-refractivity contribution in [2.24, 2.45) is 16.1 Å². The molecule has 0 atom stereocenters. The fraction of sp³-hybridized carbons (Fsp3) is 0.531. The predicted octanol–water partition coefficient (Wildman–Crippen LogP) is 4.55. The highest BCUT2D eigenvalue weighted by atomic mass is 16.5. The second kappa shape index (κ2) is 12.9. The molecule has 2 bridgehead atoms. The minimum atomic E-state index is -0.306. The maximum Gasteiger partial charge on any atom is 0.267 e. The molecule has 1 aromatic carbocycles. The Labute approximate surface area is 238 Å². The fourth-order valence-electron chi connectivity index (χ4n) is 6.25. The second-order valence-corrected chi connectivity index (χ2v) is 11.1. The molecule has 3 N–H and O–H groups in total. The molecule has 1 saturated heterocycles. The first-order chi connectivity index (χ1) is 19.3. The third-order valence-corrected chi connectivity index (χ3v) is 8.82. The molecule has 0 aromatic heterocycles. The van der Waals surface area contributed by atoms with Crippen molar-refractivity contribution in [1.82, 2.24) is 10.2 Å². The van der Waals surface area contributed by atoms with Crippen LogP contribution in [0.5, 0.6) is 5.75 Å². The van der Waals surface area contributed by atoms with Gasteiger partial charge in [-0.25, -0.2) is 0 Å². The van der Waals surface area contributed by atoms with Crippen molar-refractivity contribution >= 4 is 23.2 Å². The molecule has 3 aliphatic carbocycles. The number of ether oxygens (including phenoxy) is 2. The normalized spacial score (nSPS) is 25.5. The van der Waals surface area contributed by atoms with Crippen LogP contribution in [0.25, 0.3) is 5.70 Å². The number of aryl methyl sites for hydroxylation is 1. The maximum atomic E-state index is 13.3. The average molecular weight is 549 g/mol. The Morgan fingerprint density at radius 1 is 1.15 bits per heavy atom. The molecular formula is C32H44N4O4. The van der Waals surface area contributed by atoms with Crippen LogP contribution < -0.4 is 15.8 Å². The predicted molar refractivity (Wildman–Crippen MR) is 159 cm³/mol. The van der Waals surface area contributed by atoms with Gasteiger partial charge in [0.1, 0.15) is 5.75 Å². The lowest BCUT2D eigenvalue weighted by molar-refractivity contribution is -0.154. The Morgan fingerprint density at radius 2 is 1.82 bits per heavy atom. The molecule has 0 unspecified atom stereocenters. The summed E-state index contributed by atoms with van der Waals surface area (Å²) in [6.07, 6.45) is 11.4. The second-order valence-electron chi connectivity index (χ2n) is 11.1. The van der Waals surface area contributed by atoms with Gasteiger partial charge in [0.2, 0.25) is 5.91 Å². The number of hydrogen-bond donors (Lipinski definition) is 2. The van der Waals surface area contributed by atoms with Gasteiger partial charge in [0, 0.05) is 35.3 Å². The molecule has 0 radical (unpaired) electrons. The number of nitrogens with two attached hydrogens (primary N) is 1. The molecule has 1 heterocycles. The zero-order valence-corrected chi connectivity index (χ0v) is 24.3. The molecule has 8 nitrogen and oxygen atoms in total. The van der Waals surface area contributed by atoms with Gasteiger partial charge in [-0.05, 0) is 87.3 Å². The van der Waals surface area contributed by atoms with Crippen LogP contribution in [-0.2, 0) is 20.7 Å². The molecule has 1 aromatic rings. The Morgan fingerprint density at radius 3 is 2.40 bits per heavy atom. The number of benzene rings is 1. The van der Waals surface area contributed by atoms with Gasteiger partial charge in [0.15, 0.2) is 0 Å². The monoisotopic (exact) mass is 548 g/mol. The van der Waals surface area contributed by atoms with Crippen LogP contribution >= 0.6 is 0 Å². The SMILES string of the molecule is C=C\C=C(/N=C(/C=C(\N)C(=O)NC12CCC(C(=O)N3CCOCC3)(CC1)CC2)CC)c1ccc(OC)c(CC)c1. The summed E-state index contributed by atoms with van der Waals surface area (Å²) in [5, 5.41) is 3.25. The minimum Gasteiger partial charge on any atom is -0.496 e. The van der Waals surface area contributed by atoms with E-state index in [9.17, 15) is 9.59 Å². The molecule has 8 heteroatoms. The first kappa shape index (κ1) is 29.6. The number of amides is 2. The van der Waals surface area contributed by atoms with Gasteiger partial charge in [-0.15, -0.1) is 0 Å². The van der Waals surface area contributed by atoms with Crippen molar-refractivity contribution in [2.75, 3.05) is 33.4 Å². The van der Waals surface area contributed by atoms with E-state index < -0.39 is 0 Å². The molecule has 40 heavy (non-hydrogen) atoms. The molecule has 0 spiro atoms. The highest BCUT2D eigenvalue weighted by Crippen LogP contribution is 2.53. The van der Waals surface area contributed by atoms with Crippen LogP contribution in [0.2, 0.25) is 0 Å². The number of allylic oxidation sites excluding steroid dienone is 3. The number of carbonyl (C=O) groups is 2. The maximum absolute atomic E-state index is 13.3. The van der Waals surface area contributed by atoms with E-state index in [1.165, 1.54) is 0 Å². The highest BCUT2D eigenvalue weighted by molar-refractivity contribution is 6.05. The number of aliphatic imine (C=N–C) groups is 1. The number of nitrogens with zero attached hydrogens (tertiary/aromatic N) is 2. The van der Waals surface area contributed by atoms with E-state index in [4.69, 9.17) is 20.2 Å². The first-order valence-corrected chi connectivity index (χ1v) is 14.5. The zero-order valence-electron chi connectivity index (χ0n) is 24.3. The average Bonchev–Trinajstić information content (AvgIpc) is 3.00. The zero-order chi connectivity index (χ0) is 28.8. The largest absolute Gasteiger partial charge is 0.496 e. The third kappa shape index (κ3) is 6.33. The molecule has 4 fully saturated rings. The molecule has 4 aliphatic rings.